The van der Waals surface area contributed by atoms with Crippen LogP contribution in [-0.2, 0) is 14.3 Å². The first-order valence-electron chi connectivity index (χ1n) is 8.47. The van der Waals surface area contributed by atoms with E-state index in [0.29, 0.717) is 11.4 Å². The summed E-state index contributed by atoms with van der Waals surface area (Å²) in [5.74, 6) is -1.80. The zero-order chi connectivity index (χ0) is 20.7. The minimum Gasteiger partial charge on any atom is -0.452 e. The molecule has 0 radical (unpaired) electrons. The molecule has 8 heteroatoms. The van der Waals surface area contributed by atoms with Gasteiger partial charge in [-0.25, -0.2) is 9.59 Å². The van der Waals surface area contributed by atoms with Gasteiger partial charge in [0.15, 0.2) is 6.61 Å². The van der Waals surface area contributed by atoms with Crippen LogP contribution in [0.15, 0.2) is 42.5 Å². The van der Waals surface area contributed by atoms with Crippen LogP contribution in [0.2, 0.25) is 0 Å². The molecule has 0 fully saturated rings. The standard InChI is InChI=1S/C20H21N3O5/c1-12-7-8-17(13(2)9-12)22-20(27)23-18(25)11-28-19(26)15-5-4-6-16(10-15)21-14(3)24/h4-10H,11H2,1-3H3,(H,21,24)(H2,22,23,25,27). The number of amides is 4. The maximum absolute atomic E-state index is 12.0. The summed E-state index contributed by atoms with van der Waals surface area (Å²) >= 11 is 0. The maximum Gasteiger partial charge on any atom is 0.338 e. The SMILES string of the molecule is CC(=O)Nc1cccc(C(=O)OCC(=O)NC(=O)Nc2ccc(C)cc2C)c1. The van der Waals surface area contributed by atoms with Crippen molar-refractivity contribution in [2.45, 2.75) is 20.8 Å². The molecule has 4 amide bonds. The molecule has 3 N–H and O–H groups in total. The third kappa shape index (κ3) is 6.24. The average Bonchev–Trinajstić information content (AvgIpc) is 2.61. The van der Waals surface area contributed by atoms with Gasteiger partial charge in [0.05, 0.1) is 5.56 Å². The maximum atomic E-state index is 12.0. The molecule has 8 nitrogen and oxygen atoms in total. The van der Waals surface area contributed by atoms with Crippen molar-refractivity contribution in [1.82, 2.24) is 5.32 Å². The van der Waals surface area contributed by atoms with Gasteiger partial charge in [-0.2, -0.15) is 0 Å². The summed E-state index contributed by atoms with van der Waals surface area (Å²) in [5.41, 5.74) is 3.07. The van der Waals surface area contributed by atoms with Crippen molar-refractivity contribution in [2.75, 3.05) is 17.2 Å². The number of carbonyl (C=O) groups excluding carboxylic acids is 4. The molecular weight excluding hydrogens is 362 g/mol. The Morgan fingerprint density at radius 1 is 0.964 bits per heavy atom. The monoisotopic (exact) mass is 383 g/mol. The van der Waals surface area contributed by atoms with E-state index in [1.54, 1.807) is 18.2 Å². The summed E-state index contributed by atoms with van der Waals surface area (Å²) in [4.78, 5) is 46.8. The van der Waals surface area contributed by atoms with Crippen LogP contribution in [0.1, 0.15) is 28.4 Å². The number of hydrogen-bond acceptors (Lipinski definition) is 5. The molecule has 0 saturated heterocycles. The minimum atomic E-state index is -0.770. The van der Waals surface area contributed by atoms with Crippen LogP contribution in [0.5, 0.6) is 0 Å². The number of urea groups is 1. The molecule has 28 heavy (non-hydrogen) atoms. The van der Waals surface area contributed by atoms with Crippen LogP contribution in [-0.4, -0.2) is 30.4 Å². The molecule has 0 bridgehead atoms. The van der Waals surface area contributed by atoms with Crippen molar-refractivity contribution in [3.05, 3.63) is 59.2 Å². The summed E-state index contributed by atoms with van der Waals surface area (Å²) in [6.45, 7) is 4.49. The lowest BCUT2D eigenvalue weighted by molar-refractivity contribution is -0.123. The van der Waals surface area contributed by atoms with Gasteiger partial charge in [-0.1, -0.05) is 23.8 Å². The van der Waals surface area contributed by atoms with E-state index in [4.69, 9.17) is 4.74 Å². The van der Waals surface area contributed by atoms with E-state index in [1.807, 2.05) is 26.0 Å². The number of aryl methyl sites for hydroxylation is 2. The number of hydrogen-bond donors (Lipinski definition) is 3. The molecule has 0 spiro atoms. The van der Waals surface area contributed by atoms with Gasteiger partial charge >= 0.3 is 12.0 Å². The fourth-order valence-corrected chi connectivity index (χ4v) is 2.41. The van der Waals surface area contributed by atoms with Crippen LogP contribution in [0.3, 0.4) is 0 Å². The molecule has 0 atom stereocenters. The smallest absolute Gasteiger partial charge is 0.338 e. The van der Waals surface area contributed by atoms with Crippen molar-refractivity contribution in [1.29, 1.82) is 0 Å². The molecule has 0 aliphatic carbocycles. The lowest BCUT2D eigenvalue weighted by atomic mass is 10.1. The molecule has 0 unspecified atom stereocenters. The first-order chi connectivity index (χ1) is 13.2. The normalized spacial score (nSPS) is 9.96. The van der Waals surface area contributed by atoms with E-state index in [0.717, 1.165) is 11.1 Å². The molecule has 0 aliphatic heterocycles. The van der Waals surface area contributed by atoms with Crippen molar-refractivity contribution >= 4 is 35.2 Å². The van der Waals surface area contributed by atoms with E-state index in [2.05, 4.69) is 16.0 Å². The van der Waals surface area contributed by atoms with Gasteiger partial charge in [-0.05, 0) is 43.7 Å². The fourth-order valence-electron chi connectivity index (χ4n) is 2.41. The fraction of sp³-hybridized carbons (Fsp3) is 0.200. The summed E-state index contributed by atoms with van der Waals surface area (Å²) in [6.07, 6.45) is 0. The van der Waals surface area contributed by atoms with Gasteiger partial charge < -0.3 is 15.4 Å². The van der Waals surface area contributed by atoms with Crippen molar-refractivity contribution in [2.24, 2.45) is 0 Å². The minimum absolute atomic E-state index is 0.166. The van der Waals surface area contributed by atoms with Gasteiger partial charge in [0.25, 0.3) is 5.91 Å². The number of ether oxygens (including phenoxy) is 1. The van der Waals surface area contributed by atoms with Gasteiger partial charge in [-0.15, -0.1) is 0 Å². The highest BCUT2D eigenvalue weighted by atomic mass is 16.5. The summed E-state index contributed by atoms with van der Waals surface area (Å²) in [6, 6.07) is 10.8. The Hall–Kier alpha value is -3.68. The van der Waals surface area contributed by atoms with Crippen molar-refractivity contribution < 1.29 is 23.9 Å². The average molecular weight is 383 g/mol. The van der Waals surface area contributed by atoms with Gasteiger partial charge in [0, 0.05) is 18.3 Å². The molecule has 0 saturated carbocycles. The van der Waals surface area contributed by atoms with Crippen molar-refractivity contribution in [3.8, 4) is 0 Å². The highest BCUT2D eigenvalue weighted by Gasteiger charge is 2.14. The molecule has 0 aliphatic rings. The Morgan fingerprint density at radius 2 is 1.71 bits per heavy atom. The lowest BCUT2D eigenvalue weighted by Gasteiger charge is -2.10. The van der Waals surface area contributed by atoms with Gasteiger partial charge in [0.1, 0.15) is 0 Å². The predicted molar refractivity (Wildman–Crippen MR) is 104 cm³/mol. The van der Waals surface area contributed by atoms with Gasteiger partial charge in [-0.3, -0.25) is 14.9 Å². The molecule has 0 heterocycles. The Bertz CT molecular complexity index is 924. The summed E-state index contributed by atoms with van der Waals surface area (Å²) in [5, 5.41) is 7.20. The number of imide groups is 1. The molecule has 2 aromatic carbocycles. The third-order valence-electron chi connectivity index (χ3n) is 3.64. The number of nitrogens with one attached hydrogen (secondary N) is 3. The van der Waals surface area contributed by atoms with Crippen molar-refractivity contribution in [3.63, 3.8) is 0 Å². The number of benzene rings is 2. The Kier molecular flexibility index (Phi) is 6.86. The van der Waals surface area contributed by atoms with Crippen LogP contribution < -0.4 is 16.0 Å². The second-order valence-corrected chi connectivity index (χ2v) is 6.16. The first kappa shape index (κ1) is 20.6. The molecule has 0 aromatic heterocycles. The van der Waals surface area contributed by atoms with Crippen LogP contribution >= 0.6 is 0 Å². The number of anilines is 2. The zero-order valence-electron chi connectivity index (χ0n) is 15.8. The largest absolute Gasteiger partial charge is 0.452 e. The summed E-state index contributed by atoms with van der Waals surface area (Å²) in [7, 11) is 0. The van der Waals surface area contributed by atoms with E-state index in [9.17, 15) is 19.2 Å². The van der Waals surface area contributed by atoms with E-state index in [-0.39, 0.29) is 11.5 Å². The lowest BCUT2D eigenvalue weighted by Crippen LogP contribution is -2.37. The molecular formula is C20H21N3O5. The predicted octanol–water partition coefficient (Wildman–Crippen LogP) is 2.77. The third-order valence-corrected chi connectivity index (χ3v) is 3.64. The zero-order valence-corrected chi connectivity index (χ0v) is 15.8. The topological polar surface area (TPSA) is 114 Å². The highest BCUT2D eigenvalue weighted by Crippen LogP contribution is 2.15. The Morgan fingerprint density at radius 3 is 2.39 bits per heavy atom. The Labute approximate surface area is 162 Å². The Balaban J connectivity index is 1.85. The molecule has 2 aromatic rings. The number of esters is 1. The molecule has 2 rings (SSSR count). The van der Waals surface area contributed by atoms with E-state index >= 15 is 0 Å². The number of carbonyl (C=O) groups is 4. The number of rotatable bonds is 5. The highest BCUT2D eigenvalue weighted by molar-refractivity contribution is 6.02. The quantitative estimate of drug-likeness (QED) is 0.687. The second kappa shape index (κ2) is 9.31. The van der Waals surface area contributed by atoms with E-state index < -0.39 is 24.5 Å². The van der Waals surface area contributed by atoms with Crippen LogP contribution in [0.4, 0.5) is 16.2 Å². The van der Waals surface area contributed by atoms with Crippen LogP contribution in [0, 0.1) is 13.8 Å². The second-order valence-electron chi connectivity index (χ2n) is 6.16. The first-order valence-corrected chi connectivity index (χ1v) is 8.47. The molecule has 146 valence electrons. The van der Waals surface area contributed by atoms with Crippen LogP contribution in [0.25, 0.3) is 0 Å². The summed E-state index contributed by atoms with van der Waals surface area (Å²) < 4.78 is 4.90. The van der Waals surface area contributed by atoms with E-state index in [1.165, 1.54) is 19.1 Å². The van der Waals surface area contributed by atoms with Gasteiger partial charge in [0.2, 0.25) is 5.91 Å².